The zero-order valence-corrected chi connectivity index (χ0v) is 10.3. The number of rotatable bonds is 3. The number of carbonyl (C=O) groups is 1. The molecule has 2 rings (SSSR count). The van der Waals surface area contributed by atoms with Crippen LogP contribution in [0.5, 0.6) is 0 Å². The fourth-order valence-electron chi connectivity index (χ4n) is 1.70. The first kappa shape index (κ1) is 12.6. The molecule has 0 amide bonds. The van der Waals surface area contributed by atoms with Gasteiger partial charge in [-0.05, 0) is 18.6 Å². The first-order chi connectivity index (χ1) is 8.54. The molecule has 2 aromatic rings. The molecule has 1 heterocycles. The summed E-state index contributed by atoms with van der Waals surface area (Å²) in [5.74, 6) is -1.57. The minimum Gasteiger partial charge on any atom is -0.478 e. The number of aromatic nitrogens is 2. The van der Waals surface area contributed by atoms with Gasteiger partial charge in [0, 0.05) is 11.8 Å². The molecule has 0 saturated heterocycles. The Balaban J connectivity index is 2.56. The fourth-order valence-corrected chi connectivity index (χ4v) is 1.88. The van der Waals surface area contributed by atoms with Gasteiger partial charge in [0.25, 0.3) is 0 Å². The number of hydrogen-bond donors (Lipinski definition) is 1. The summed E-state index contributed by atoms with van der Waals surface area (Å²) >= 11 is 5.71. The molecule has 94 valence electrons. The summed E-state index contributed by atoms with van der Waals surface area (Å²) in [7, 11) is 0. The molecule has 0 aliphatic rings. The van der Waals surface area contributed by atoms with Crippen LogP contribution in [0.4, 0.5) is 4.39 Å². The van der Waals surface area contributed by atoms with Crippen molar-refractivity contribution in [1.82, 2.24) is 9.78 Å². The molecule has 0 spiro atoms. The van der Waals surface area contributed by atoms with Gasteiger partial charge in [-0.15, -0.1) is 0 Å². The van der Waals surface area contributed by atoms with Crippen LogP contribution < -0.4 is 0 Å². The number of carboxylic acids is 1. The molecule has 0 aliphatic carbocycles. The van der Waals surface area contributed by atoms with Crippen molar-refractivity contribution in [1.29, 1.82) is 0 Å². The summed E-state index contributed by atoms with van der Waals surface area (Å²) in [6.45, 7) is 1.79. The van der Waals surface area contributed by atoms with Crippen molar-refractivity contribution in [2.24, 2.45) is 0 Å². The fraction of sp³-hybridized carbons (Fsp3) is 0.167. The van der Waals surface area contributed by atoms with E-state index in [9.17, 15) is 9.18 Å². The van der Waals surface area contributed by atoms with Crippen LogP contribution >= 0.6 is 11.6 Å². The summed E-state index contributed by atoms with van der Waals surface area (Å²) in [5.41, 5.74) is 0.946. The van der Waals surface area contributed by atoms with E-state index < -0.39 is 11.8 Å². The summed E-state index contributed by atoms with van der Waals surface area (Å²) in [4.78, 5) is 10.8. The molecule has 0 bridgehead atoms. The van der Waals surface area contributed by atoms with E-state index in [0.29, 0.717) is 17.7 Å². The molecule has 1 N–H and O–H groups in total. The lowest BCUT2D eigenvalue weighted by atomic mass is 10.1. The van der Waals surface area contributed by atoms with Gasteiger partial charge in [-0.25, -0.2) is 13.9 Å². The first-order valence-electron chi connectivity index (χ1n) is 5.29. The van der Waals surface area contributed by atoms with Crippen LogP contribution in [-0.2, 0) is 6.42 Å². The summed E-state index contributed by atoms with van der Waals surface area (Å²) in [5, 5.41) is 12.8. The quantitative estimate of drug-likeness (QED) is 0.931. The highest BCUT2D eigenvalue weighted by Crippen LogP contribution is 2.25. The van der Waals surface area contributed by atoms with Crippen LogP contribution in [0.1, 0.15) is 22.8 Å². The summed E-state index contributed by atoms with van der Waals surface area (Å²) in [6.07, 6.45) is 2.99. The Kier molecular flexibility index (Phi) is 3.34. The van der Waals surface area contributed by atoms with Gasteiger partial charge in [0.2, 0.25) is 0 Å². The molecule has 1 aromatic carbocycles. The van der Waals surface area contributed by atoms with Crippen molar-refractivity contribution >= 4 is 17.6 Å². The maximum Gasteiger partial charge on any atom is 0.338 e. The van der Waals surface area contributed by atoms with Gasteiger partial charge in [0.05, 0.1) is 22.5 Å². The van der Waals surface area contributed by atoms with Crippen LogP contribution in [0.3, 0.4) is 0 Å². The second-order valence-corrected chi connectivity index (χ2v) is 4.10. The summed E-state index contributed by atoms with van der Waals surface area (Å²) in [6, 6.07) is 3.04. The Morgan fingerprint density at radius 2 is 2.28 bits per heavy atom. The van der Waals surface area contributed by atoms with Gasteiger partial charge >= 0.3 is 5.97 Å². The van der Waals surface area contributed by atoms with Crippen LogP contribution in [0, 0.1) is 5.82 Å². The van der Waals surface area contributed by atoms with Crippen LogP contribution in [-0.4, -0.2) is 20.9 Å². The molecule has 0 atom stereocenters. The van der Waals surface area contributed by atoms with Gasteiger partial charge in [0.1, 0.15) is 5.82 Å². The standard InChI is InChI=1S/C12H10ClFN2O2/c1-2-8-10(4-3-9(13)11(8)14)16-6-7(5-15-16)12(17)18/h3-6H,2H2,1H3,(H,17,18). The lowest BCUT2D eigenvalue weighted by Crippen LogP contribution is -2.03. The van der Waals surface area contributed by atoms with E-state index in [-0.39, 0.29) is 10.6 Å². The Hall–Kier alpha value is -1.88. The molecule has 1 aromatic heterocycles. The molecule has 6 heteroatoms. The van der Waals surface area contributed by atoms with Crippen molar-refractivity contribution in [3.63, 3.8) is 0 Å². The number of halogens is 2. The second kappa shape index (κ2) is 4.78. The molecule has 0 radical (unpaired) electrons. The van der Waals surface area contributed by atoms with Crippen molar-refractivity contribution in [3.8, 4) is 5.69 Å². The normalized spacial score (nSPS) is 10.6. The average Bonchev–Trinajstić information content (AvgIpc) is 2.82. The van der Waals surface area contributed by atoms with E-state index >= 15 is 0 Å². The molecule has 0 fully saturated rings. The van der Waals surface area contributed by atoms with E-state index in [0.717, 1.165) is 0 Å². The SMILES string of the molecule is CCc1c(-n2cc(C(=O)O)cn2)ccc(Cl)c1F. The van der Waals surface area contributed by atoms with E-state index in [2.05, 4.69) is 5.10 Å². The van der Waals surface area contributed by atoms with Gasteiger partial charge < -0.3 is 5.11 Å². The number of hydrogen-bond acceptors (Lipinski definition) is 2. The lowest BCUT2D eigenvalue weighted by molar-refractivity contribution is 0.0697. The van der Waals surface area contributed by atoms with Gasteiger partial charge in [-0.2, -0.15) is 5.10 Å². The van der Waals surface area contributed by atoms with Crippen molar-refractivity contribution < 1.29 is 14.3 Å². The lowest BCUT2D eigenvalue weighted by Gasteiger charge is -2.09. The topological polar surface area (TPSA) is 55.1 Å². The highest BCUT2D eigenvalue weighted by molar-refractivity contribution is 6.30. The molecule has 18 heavy (non-hydrogen) atoms. The molecule has 0 saturated carbocycles. The third kappa shape index (κ3) is 2.09. The second-order valence-electron chi connectivity index (χ2n) is 3.69. The van der Waals surface area contributed by atoms with Gasteiger partial charge in [0.15, 0.2) is 0 Å². The Morgan fingerprint density at radius 1 is 1.56 bits per heavy atom. The smallest absolute Gasteiger partial charge is 0.338 e. The molecular weight excluding hydrogens is 259 g/mol. The van der Waals surface area contributed by atoms with Gasteiger partial charge in [-0.1, -0.05) is 18.5 Å². The molecule has 0 aliphatic heterocycles. The third-order valence-corrected chi connectivity index (χ3v) is 2.89. The maximum atomic E-state index is 13.8. The predicted octanol–water partition coefficient (Wildman–Crippen LogP) is 2.93. The zero-order valence-electron chi connectivity index (χ0n) is 9.52. The van der Waals surface area contributed by atoms with E-state index in [4.69, 9.17) is 16.7 Å². The molecular formula is C12H10ClFN2O2. The Labute approximate surface area is 108 Å². The molecule has 4 nitrogen and oxygen atoms in total. The van der Waals surface area contributed by atoms with E-state index in [1.807, 2.05) is 0 Å². The monoisotopic (exact) mass is 268 g/mol. The zero-order chi connectivity index (χ0) is 13.3. The minimum absolute atomic E-state index is 0.0428. The van der Waals surface area contributed by atoms with Crippen LogP contribution in [0.2, 0.25) is 5.02 Å². The largest absolute Gasteiger partial charge is 0.478 e. The first-order valence-corrected chi connectivity index (χ1v) is 5.67. The van der Waals surface area contributed by atoms with E-state index in [1.165, 1.54) is 23.1 Å². The summed E-state index contributed by atoms with van der Waals surface area (Å²) < 4.78 is 15.2. The highest BCUT2D eigenvalue weighted by atomic mass is 35.5. The van der Waals surface area contributed by atoms with Crippen LogP contribution in [0.15, 0.2) is 24.5 Å². The Bertz CT molecular complexity index is 610. The van der Waals surface area contributed by atoms with E-state index in [1.54, 1.807) is 13.0 Å². The third-order valence-electron chi connectivity index (χ3n) is 2.60. The van der Waals surface area contributed by atoms with Gasteiger partial charge in [-0.3, -0.25) is 0 Å². The van der Waals surface area contributed by atoms with Crippen molar-refractivity contribution in [2.75, 3.05) is 0 Å². The minimum atomic E-state index is -1.08. The number of carboxylic acid groups (broad SMARTS) is 1. The number of nitrogens with zero attached hydrogens (tertiary/aromatic N) is 2. The number of benzene rings is 1. The van der Waals surface area contributed by atoms with Crippen LogP contribution in [0.25, 0.3) is 5.69 Å². The maximum absolute atomic E-state index is 13.8. The highest BCUT2D eigenvalue weighted by Gasteiger charge is 2.14. The van der Waals surface area contributed by atoms with Crippen molar-refractivity contribution in [2.45, 2.75) is 13.3 Å². The molecule has 0 unspecified atom stereocenters. The predicted molar refractivity (Wildman–Crippen MR) is 64.9 cm³/mol. The Morgan fingerprint density at radius 3 is 2.83 bits per heavy atom. The number of aromatic carboxylic acids is 1. The average molecular weight is 269 g/mol. The van der Waals surface area contributed by atoms with Crippen molar-refractivity contribution in [3.05, 3.63) is 46.5 Å².